The summed E-state index contributed by atoms with van der Waals surface area (Å²) in [5, 5.41) is 0. The van der Waals surface area contributed by atoms with Crippen molar-refractivity contribution < 1.29 is 14.5 Å². The monoisotopic (exact) mass is 198 g/mol. The molecule has 2 atom stereocenters. The molecule has 1 aliphatic carbocycles. The Hall–Kier alpha value is -0.120. The molecular weight excluding hydrogens is 180 g/mol. The maximum absolute atomic E-state index is 5.63. The maximum atomic E-state index is 5.63. The average Bonchev–Trinajstić information content (AvgIpc) is 2.69. The normalized spacial score (nSPS) is 45.6. The van der Waals surface area contributed by atoms with Crippen LogP contribution in [0.5, 0.6) is 0 Å². The van der Waals surface area contributed by atoms with Gasteiger partial charge in [0.1, 0.15) is 5.60 Å². The number of fused-ring (bicyclic) bond motifs is 2. The maximum Gasteiger partial charge on any atom is 0.199 e. The van der Waals surface area contributed by atoms with Gasteiger partial charge in [0.2, 0.25) is 0 Å². The molecule has 0 unspecified atom stereocenters. The summed E-state index contributed by atoms with van der Waals surface area (Å²) in [6.07, 6.45) is 7.13. The summed E-state index contributed by atoms with van der Waals surface area (Å²) in [6.45, 7) is 3.09. The van der Waals surface area contributed by atoms with Gasteiger partial charge in [-0.25, -0.2) is 9.78 Å². The molecule has 0 amide bonds. The van der Waals surface area contributed by atoms with E-state index >= 15 is 0 Å². The van der Waals surface area contributed by atoms with Gasteiger partial charge < -0.3 is 4.74 Å². The van der Waals surface area contributed by atoms with E-state index in [0.29, 0.717) is 0 Å². The second-order valence-corrected chi connectivity index (χ2v) is 5.10. The van der Waals surface area contributed by atoms with Crippen LogP contribution in [-0.4, -0.2) is 18.5 Å². The molecule has 3 heteroatoms. The Morgan fingerprint density at radius 3 is 2.64 bits per heavy atom. The van der Waals surface area contributed by atoms with E-state index in [1.165, 1.54) is 19.3 Å². The van der Waals surface area contributed by atoms with E-state index in [9.17, 15) is 0 Å². The van der Waals surface area contributed by atoms with E-state index in [1.54, 1.807) is 0 Å². The van der Waals surface area contributed by atoms with Crippen LogP contribution in [-0.2, 0) is 14.5 Å². The van der Waals surface area contributed by atoms with Gasteiger partial charge in [-0.2, -0.15) is 0 Å². The van der Waals surface area contributed by atoms with Gasteiger partial charge >= 0.3 is 0 Å². The molecule has 3 aliphatic rings. The molecule has 1 spiro atoms. The smallest absolute Gasteiger partial charge is 0.199 e. The molecule has 0 aromatic carbocycles. The number of ether oxygens (including phenoxy) is 1. The molecule has 2 saturated heterocycles. The highest BCUT2D eigenvalue weighted by Crippen LogP contribution is 2.57. The molecule has 14 heavy (non-hydrogen) atoms. The highest BCUT2D eigenvalue weighted by atomic mass is 17.2. The van der Waals surface area contributed by atoms with Crippen molar-refractivity contribution in [1.29, 1.82) is 0 Å². The van der Waals surface area contributed by atoms with E-state index < -0.39 is 0 Å². The Morgan fingerprint density at radius 1 is 1.07 bits per heavy atom. The van der Waals surface area contributed by atoms with Crippen molar-refractivity contribution in [3.63, 3.8) is 0 Å². The van der Waals surface area contributed by atoms with Crippen LogP contribution < -0.4 is 0 Å². The van der Waals surface area contributed by atoms with Gasteiger partial charge in [-0.3, -0.25) is 0 Å². The Bertz CT molecular complexity index is 229. The lowest BCUT2D eigenvalue weighted by atomic mass is 9.65. The minimum Gasteiger partial charge on any atom is -0.349 e. The van der Waals surface area contributed by atoms with E-state index in [1.807, 2.05) is 0 Å². The highest BCUT2D eigenvalue weighted by Gasteiger charge is 2.63. The zero-order valence-electron chi connectivity index (χ0n) is 8.75. The fraction of sp³-hybridized carbons (Fsp3) is 1.00. The third kappa shape index (κ3) is 0.980. The molecule has 1 saturated carbocycles. The van der Waals surface area contributed by atoms with Gasteiger partial charge in [0, 0.05) is 0 Å². The van der Waals surface area contributed by atoms with Crippen molar-refractivity contribution in [2.45, 2.75) is 57.3 Å². The topological polar surface area (TPSA) is 27.7 Å². The summed E-state index contributed by atoms with van der Waals surface area (Å²) < 4.78 is 5.56. The summed E-state index contributed by atoms with van der Waals surface area (Å²) >= 11 is 0. The molecule has 3 fully saturated rings. The zero-order chi connectivity index (χ0) is 9.65. The van der Waals surface area contributed by atoms with Gasteiger partial charge in [0.05, 0.1) is 12.0 Å². The molecule has 80 valence electrons. The number of rotatable bonds is 0. The first-order valence-corrected chi connectivity index (χ1v) is 5.73. The zero-order valence-corrected chi connectivity index (χ0v) is 8.75. The minimum atomic E-state index is -0.111. The molecule has 0 N–H and O–H groups in total. The first kappa shape index (κ1) is 9.13. The molecule has 0 bridgehead atoms. The Labute approximate surface area is 84.6 Å². The Balaban J connectivity index is 1.91. The van der Waals surface area contributed by atoms with Crippen LogP contribution in [0.25, 0.3) is 0 Å². The van der Waals surface area contributed by atoms with Gasteiger partial charge in [0.25, 0.3) is 0 Å². The fourth-order valence-electron chi connectivity index (χ4n) is 3.26. The van der Waals surface area contributed by atoms with Crippen LogP contribution in [0.4, 0.5) is 0 Å². The van der Waals surface area contributed by atoms with Crippen LogP contribution in [0.3, 0.4) is 0 Å². The molecule has 3 nitrogen and oxygen atoms in total. The fourth-order valence-corrected chi connectivity index (χ4v) is 3.26. The van der Waals surface area contributed by atoms with Gasteiger partial charge in [-0.05, 0) is 19.3 Å². The summed E-state index contributed by atoms with van der Waals surface area (Å²) in [6, 6.07) is 0. The van der Waals surface area contributed by atoms with E-state index in [-0.39, 0.29) is 17.3 Å². The number of hydrogen-bond donors (Lipinski definition) is 0. The van der Waals surface area contributed by atoms with E-state index in [0.717, 1.165) is 25.9 Å². The quantitative estimate of drug-likeness (QED) is 0.559. The molecule has 0 aromatic heterocycles. The van der Waals surface area contributed by atoms with Gasteiger partial charge in [0.15, 0.2) is 6.29 Å². The largest absolute Gasteiger partial charge is 0.349 e. The van der Waals surface area contributed by atoms with Crippen molar-refractivity contribution in [2.75, 3.05) is 6.61 Å². The minimum absolute atomic E-state index is 0.0353. The lowest BCUT2D eigenvalue weighted by molar-refractivity contribution is -0.365. The van der Waals surface area contributed by atoms with E-state index in [4.69, 9.17) is 14.5 Å². The molecule has 0 aromatic rings. The summed E-state index contributed by atoms with van der Waals surface area (Å²) in [7, 11) is 0. The molecule has 2 heterocycles. The van der Waals surface area contributed by atoms with Crippen molar-refractivity contribution in [1.82, 2.24) is 0 Å². The third-order valence-electron chi connectivity index (χ3n) is 4.41. The summed E-state index contributed by atoms with van der Waals surface area (Å²) in [4.78, 5) is 11.0. The van der Waals surface area contributed by atoms with Crippen molar-refractivity contribution in [3.05, 3.63) is 0 Å². The summed E-state index contributed by atoms with van der Waals surface area (Å²) in [5.74, 6) is 0. The van der Waals surface area contributed by atoms with Crippen LogP contribution in [0, 0.1) is 5.41 Å². The molecule has 2 aliphatic heterocycles. The standard InChI is InChI=1S/C11H18O3/c1-10-7-8-12-9(10)13-14-11(10)5-3-2-4-6-11/h9H,2-8H2,1H3/t9-,10-/m1/s1. The van der Waals surface area contributed by atoms with Crippen LogP contribution >= 0.6 is 0 Å². The van der Waals surface area contributed by atoms with Crippen molar-refractivity contribution in [2.24, 2.45) is 5.41 Å². The lowest BCUT2D eigenvalue weighted by Crippen LogP contribution is -2.47. The Morgan fingerprint density at radius 2 is 1.86 bits per heavy atom. The SMILES string of the molecule is C[C@@]12CCO[C@@H]1OOC21CCCCC1. The Kier molecular flexibility index (Phi) is 1.92. The van der Waals surface area contributed by atoms with Crippen LogP contribution in [0.15, 0.2) is 0 Å². The molecular formula is C11H18O3. The second-order valence-electron chi connectivity index (χ2n) is 5.10. The van der Waals surface area contributed by atoms with Crippen LogP contribution in [0.2, 0.25) is 0 Å². The van der Waals surface area contributed by atoms with Crippen molar-refractivity contribution >= 4 is 0 Å². The first-order chi connectivity index (χ1) is 6.77. The predicted octanol–water partition coefficient (Wildman–Crippen LogP) is 2.40. The van der Waals surface area contributed by atoms with Gasteiger partial charge in [-0.15, -0.1) is 0 Å². The molecule has 3 rings (SSSR count). The van der Waals surface area contributed by atoms with E-state index in [2.05, 4.69) is 6.92 Å². The first-order valence-electron chi connectivity index (χ1n) is 5.73. The average molecular weight is 198 g/mol. The summed E-state index contributed by atoms with van der Waals surface area (Å²) in [5.41, 5.74) is 0.0693. The molecule has 0 radical (unpaired) electrons. The highest BCUT2D eigenvalue weighted by molar-refractivity contribution is 5.04. The third-order valence-corrected chi connectivity index (χ3v) is 4.41. The predicted molar refractivity (Wildman–Crippen MR) is 50.5 cm³/mol. The number of hydrogen-bond acceptors (Lipinski definition) is 3. The van der Waals surface area contributed by atoms with Gasteiger partial charge in [-0.1, -0.05) is 26.2 Å². The van der Waals surface area contributed by atoms with Crippen molar-refractivity contribution in [3.8, 4) is 0 Å². The second kappa shape index (κ2) is 2.94. The van der Waals surface area contributed by atoms with Crippen LogP contribution in [0.1, 0.15) is 45.4 Å². The lowest BCUT2D eigenvalue weighted by Gasteiger charge is -2.40.